The number of H-pyrrole nitrogens is 2. The molecule has 0 aliphatic carbocycles. The predicted octanol–water partition coefficient (Wildman–Crippen LogP) is 6.07. The van der Waals surface area contributed by atoms with Gasteiger partial charge < -0.3 is 15.1 Å². The van der Waals surface area contributed by atoms with Gasteiger partial charge in [-0.3, -0.25) is 9.78 Å². The van der Waals surface area contributed by atoms with Crippen molar-refractivity contribution in [2.24, 2.45) is 5.16 Å². The van der Waals surface area contributed by atoms with E-state index in [9.17, 15) is 4.79 Å². The van der Waals surface area contributed by atoms with Crippen LogP contribution in [0.2, 0.25) is 0 Å². The molecule has 0 saturated heterocycles. The molecule has 2 aromatic heterocycles. The monoisotopic (exact) mass is 511 g/mol. The molecule has 0 saturated carbocycles. The minimum absolute atomic E-state index is 0.298. The molecule has 0 radical (unpaired) electrons. The fraction of sp³-hybridized carbons (Fsp3) is 0.0312. The largest absolute Gasteiger partial charge is 0.357 e. The molecule has 0 fully saturated rings. The summed E-state index contributed by atoms with van der Waals surface area (Å²) < 4.78 is 0. The number of anilines is 1. The van der Waals surface area contributed by atoms with E-state index in [1.807, 2.05) is 72.8 Å². The van der Waals surface area contributed by atoms with Crippen LogP contribution >= 0.6 is 0 Å². The zero-order chi connectivity index (χ0) is 26.5. The van der Waals surface area contributed by atoms with E-state index in [0.717, 1.165) is 16.7 Å². The first-order valence-electron chi connectivity index (χ1n) is 12.6. The predicted molar refractivity (Wildman–Crippen MR) is 154 cm³/mol. The highest BCUT2D eigenvalue weighted by molar-refractivity contribution is 5.97. The third kappa shape index (κ3) is 4.69. The Bertz CT molecular complexity index is 1670. The van der Waals surface area contributed by atoms with Crippen LogP contribution in [0.4, 0.5) is 5.95 Å². The van der Waals surface area contributed by atoms with Crippen molar-refractivity contribution in [1.29, 1.82) is 0 Å². The zero-order valence-electron chi connectivity index (χ0n) is 20.9. The van der Waals surface area contributed by atoms with Gasteiger partial charge in [-0.25, -0.2) is 0 Å². The van der Waals surface area contributed by atoms with E-state index in [1.165, 1.54) is 6.21 Å². The second-order valence-electron chi connectivity index (χ2n) is 8.99. The molecule has 0 amide bonds. The van der Waals surface area contributed by atoms with Gasteiger partial charge >= 0.3 is 0 Å². The summed E-state index contributed by atoms with van der Waals surface area (Å²) in [4.78, 5) is 29.6. The Morgan fingerprint density at radius 1 is 0.744 bits per heavy atom. The van der Waals surface area contributed by atoms with Crippen molar-refractivity contribution >= 4 is 23.2 Å². The van der Waals surface area contributed by atoms with Gasteiger partial charge in [0.2, 0.25) is 5.95 Å². The molecule has 39 heavy (non-hydrogen) atoms. The van der Waals surface area contributed by atoms with Crippen molar-refractivity contribution in [2.45, 2.75) is 5.54 Å². The average molecular weight is 512 g/mol. The number of fused-ring (bicyclic) bond motifs is 1. The van der Waals surface area contributed by atoms with Crippen molar-refractivity contribution in [1.82, 2.24) is 15.0 Å². The summed E-state index contributed by atoms with van der Waals surface area (Å²) in [5.41, 5.74) is 2.89. The first kappa shape index (κ1) is 23.9. The maximum Gasteiger partial charge on any atom is 0.262 e. The first-order chi connectivity index (χ1) is 19.2. The normalized spacial score (nSPS) is 11.6. The summed E-state index contributed by atoms with van der Waals surface area (Å²) in [6.45, 7) is 0. The van der Waals surface area contributed by atoms with Crippen LogP contribution in [0, 0.1) is 0 Å². The number of aromatic nitrogens is 3. The molecule has 0 aliphatic heterocycles. The van der Waals surface area contributed by atoms with E-state index in [-0.39, 0.29) is 5.56 Å². The summed E-state index contributed by atoms with van der Waals surface area (Å²) in [7, 11) is 0. The Kier molecular flexibility index (Phi) is 6.45. The second-order valence-corrected chi connectivity index (χ2v) is 8.99. The van der Waals surface area contributed by atoms with Crippen LogP contribution in [0.15, 0.2) is 137 Å². The highest BCUT2D eigenvalue weighted by Gasteiger charge is 2.37. The molecule has 0 bridgehead atoms. The number of hydrogen-bond donors (Lipinski definition) is 3. The van der Waals surface area contributed by atoms with Gasteiger partial charge in [-0.2, -0.15) is 4.98 Å². The van der Waals surface area contributed by atoms with Crippen LogP contribution < -0.4 is 15.7 Å². The van der Waals surface area contributed by atoms with Gasteiger partial charge in [0.25, 0.3) is 5.56 Å². The van der Waals surface area contributed by atoms with Gasteiger partial charge in [-0.15, -0.1) is 0 Å². The summed E-state index contributed by atoms with van der Waals surface area (Å²) in [6, 6.07) is 39.6. The maximum atomic E-state index is 13.4. The summed E-state index contributed by atoms with van der Waals surface area (Å²) in [6.07, 6.45) is 3.19. The number of nitrogens with zero attached hydrogens (tertiary/aromatic N) is 2. The lowest BCUT2D eigenvalue weighted by atomic mass is 9.77. The van der Waals surface area contributed by atoms with E-state index in [4.69, 9.17) is 9.82 Å². The summed E-state index contributed by atoms with van der Waals surface area (Å²) in [5, 5.41) is 8.03. The summed E-state index contributed by atoms with van der Waals surface area (Å²) in [5.74, 6) is 0.932. The van der Waals surface area contributed by atoms with Crippen LogP contribution in [0.3, 0.4) is 0 Å². The lowest BCUT2D eigenvalue weighted by Gasteiger charge is -2.37. The van der Waals surface area contributed by atoms with E-state index in [2.05, 4.69) is 56.8 Å². The smallest absolute Gasteiger partial charge is 0.262 e. The lowest BCUT2D eigenvalue weighted by Crippen LogP contribution is -2.39. The molecule has 4 aromatic carbocycles. The molecule has 3 N–H and O–H groups in total. The number of benzene rings is 4. The maximum absolute atomic E-state index is 13.4. The van der Waals surface area contributed by atoms with Crippen LogP contribution in [0.5, 0.6) is 5.75 Å². The number of para-hydroxylation sites is 1. The van der Waals surface area contributed by atoms with E-state index >= 15 is 0 Å². The molecule has 2 heterocycles. The van der Waals surface area contributed by atoms with E-state index in [0.29, 0.717) is 28.3 Å². The van der Waals surface area contributed by atoms with Crippen molar-refractivity contribution < 1.29 is 4.84 Å². The van der Waals surface area contributed by atoms with Crippen molar-refractivity contribution in [3.63, 3.8) is 0 Å². The fourth-order valence-corrected chi connectivity index (χ4v) is 4.81. The molecule has 6 rings (SSSR count). The number of aromatic amines is 2. The van der Waals surface area contributed by atoms with Gasteiger partial charge in [0.1, 0.15) is 11.2 Å². The number of hydrogen-bond acceptors (Lipinski definition) is 5. The minimum Gasteiger partial charge on any atom is -0.357 e. The molecule has 190 valence electrons. The second kappa shape index (κ2) is 10.5. The lowest BCUT2D eigenvalue weighted by molar-refractivity contribution is 0.344. The number of nitrogens with one attached hydrogen (secondary N) is 3. The molecule has 0 spiro atoms. The number of oxime groups is 1. The van der Waals surface area contributed by atoms with Crippen LogP contribution in [0.25, 0.3) is 11.0 Å². The first-order valence-corrected chi connectivity index (χ1v) is 12.6. The Hall–Kier alpha value is -5.43. The summed E-state index contributed by atoms with van der Waals surface area (Å²) >= 11 is 0. The topological polar surface area (TPSA) is 95.2 Å². The van der Waals surface area contributed by atoms with Gasteiger partial charge in [0, 0.05) is 11.8 Å². The Morgan fingerprint density at radius 2 is 1.26 bits per heavy atom. The Labute approximate surface area is 224 Å². The van der Waals surface area contributed by atoms with Gasteiger partial charge in [-0.05, 0) is 28.8 Å². The third-order valence-corrected chi connectivity index (χ3v) is 6.59. The molecular weight excluding hydrogens is 486 g/mol. The van der Waals surface area contributed by atoms with Crippen LogP contribution in [-0.4, -0.2) is 21.2 Å². The SMILES string of the molecule is O=c1[nH]c(NC(c2ccccc2)(c2ccccc2)c2ccccc2)nc2[nH]cc(C=NOc3ccccc3)c12. The average Bonchev–Trinajstić information content (AvgIpc) is 3.41. The minimum atomic E-state index is -0.826. The molecule has 7 heteroatoms. The quantitative estimate of drug-likeness (QED) is 0.131. The molecule has 6 aromatic rings. The standard InChI is InChI=1S/C32H25N5O2/c38-30-28-23(22-34-39-27-19-11-4-12-20-27)21-33-29(28)35-31(36-30)37-32(24-13-5-1-6-14-24,25-15-7-2-8-16-25)26-17-9-3-10-18-26/h1-22H,(H3,33,35,36,37,38). The fourth-order valence-electron chi connectivity index (χ4n) is 4.81. The Morgan fingerprint density at radius 3 is 1.79 bits per heavy atom. The zero-order valence-corrected chi connectivity index (χ0v) is 20.9. The van der Waals surface area contributed by atoms with E-state index < -0.39 is 5.54 Å². The van der Waals surface area contributed by atoms with Crippen molar-refractivity contribution in [3.05, 3.63) is 160 Å². The highest BCUT2D eigenvalue weighted by atomic mass is 16.6. The van der Waals surface area contributed by atoms with Crippen LogP contribution in [0.1, 0.15) is 22.3 Å². The third-order valence-electron chi connectivity index (χ3n) is 6.59. The van der Waals surface area contributed by atoms with Crippen molar-refractivity contribution in [3.8, 4) is 5.75 Å². The van der Waals surface area contributed by atoms with Crippen molar-refractivity contribution in [2.75, 3.05) is 5.32 Å². The van der Waals surface area contributed by atoms with Gasteiger partial charge in [-0.1, -0.05) is 114 Å². The van der Waals surface area contributed by atoms with Gasteiger partial charge in [0.15, 0.2) is 5.75 Å². The highest BCUT2D eigenvalue weighted by Crippen LogP contribution is 2.39. The molecule has 0 aliphatic rings. The number of rotatable bonds is 8. The molecule has 0 unspecified atom stereocenters. The molecule has 7 nitrogen and oxygen atoms in total. The Balaban J connectivity index is 1.44. The van der Waals surface area contributed by atoms with E-state index in [1.54, 1.807) is 18.3 Å². The van der Waals surface area contributed by atoms with Crippen LogP contribution in [-0.2, 0) is 5.54 Å². The van der Waals surface area contributed by atoms with Gasteiger partial charge in [0.05, 0.1) is 11.6 Å². The molecule has 0 atom stereocenters. The molecular formula is C32H25N5O2.